The van der Waals surface area contributed by atoms with Crippen molar-refractivity contribution >= 4 is 11.6 Å². The Kier molecular flexibility index (Phi) is 4.79. The molecule has 1 aliphatic rings. The van der Waals surface area contributed by atoms with Crippen LogP contribution in [0.5, 0.6) is 11.5 Å². The van der Waals surface area contributed by atoms with E-state index in [1.807, 2.05) is 79.7 Å². The van der Waals surface area contributed by atoms with E-state index in [2.05, 4.69) is 0 Å². The molecule has 0 fully saturated rings. The minimum absolute atomic E-state index is 0.0280. The van der Waals surface area contributed by atoms with Crippen molar-refractivity contribution in [2.75, 3.05) is 18.1 Å². The minimum Gasteiger partial charge on any atom is -0.490 e. The molecule has 27 heavy (non-hydrogen) atoms. The first kappa shape index (κ1) is 17.2. The standard InChI is InChI=1S/C23H21NO3/c1-17-7-12-22-21(15-17)24(13-14-26-22)23(25)19-8-10-20(11-9-19)27-16-18-5-3-2-4-6-18/h2-12,15H,13-14,16H2,1H3. The Labute approximate surface area is 159 Å². The summed E-state index contributed by atoms with van der Waals surface area (Å²) in [5.74, 6) is 1.47. The van der Waals surface area contributed by atoms with Crippen molar-refractivity contribution < 1.29 is 14.3 Å². The summed E-state index contributed by atoms with van der Waals surface area (Å²) >= 11 is 0. The lowest BCUT2D eigenvalue weighted by Crippen LogP contribution is -2.38. The average Bonchev–Trinajstić information content (AvgIpc) is 2.72. The first-order valence-electron chi connectivity index (χ1n) is 9.03. The lowest BCUT2D eigenvalue weighted by molar-refractivity contribution is 0.0976. The molecule has 0 saturated heterocycles. The highest BCUT2D eigenvalue weighted by Gasteiger charge is 2.24. The number of hydrogen-bond donors (Lipinski definition) is 0. The highest BCUT2D eigenvalue weighted by molar-refractivity contribution is 6.07. The van der Waals surface area contributed by atoms with Crippen LogP contribution in [0.15, 0.2) is 72.8 Å². The Bertz CT molecular complexity index is 936. The first-order valence-corrected chi connectivity index (χ1v) is 9.03. The molecule has 0 atom stereocenters. The maximum Gasteiger partial charge on any atom is 0.258 e. The van der Waals surface area contributed by atoms with E-state index in [0.29, 0.717) is 25.3 Å². The zero-order valence-electron chi connectivity index (χ0n) is 15.2. The Morgan fingerprint density at radius 3 is 2.59 bits per heavy atom. The van der Waals surface area contributed by atoms with Crippen molar-refractivity contribution in [3.8, 4) is 11.5 Å². The summed E-state index contributed by atoms with van der Waals surface area (Å²) in [4.78, 5) is 14.8. The Hall–Kier alpha value is -3.27. The Morgan fingerprint density at radius 1 is 1.04 bits per heavy atom. The highest BCUT2D eigenvalue weighted by Crippen LogP contribution is 2.33. The second kappa shape index (κ2) is 7.54. The molecule has 136 valence electrons. The van der Waals surface area contributed by atoms with Crippen LogP contribution in [0.2, 0.25) is 0 Å². The summed E-state index contributed by atoms with van der Waals surface area (Å²) in [5, 5.41) is 0. The van der Waals surface area contributed by atoms with Gasteiger partial charge < -0.3 is 14.4 Å². The van der Waals surface area contributed by atoms with Crippen LogP contribution in [0.3, 0.4) is 0 Å². The van der Waals surface area contributed by atoms with E-state index in [-0.39, 0.29) is 5.91 Å². The van der Waals surface area contributed by atoms with Gasteiger partial charge in [0.2, 0.25) is 0 Å². The SMILES string of the molecule is Cc1ccc2c(c1)N(C(=O)c1ccc(OCc3ccccc3)cc1)CCO2. The molecule has 4 rings (SSSR count). The lowest BCUT2D eigenvalue weighted by atomic mass is 10.1. The van der Waals surface area contributed by atoms with E-state index in [1.165, 1.54) is 0 Å². The number of rotatable bonds is 4. The summed E-state index contributed by atoms with van der Waals surface area (Å²) < 4.78 is 11.5. The smallest absolute Gasteiger partial charge is 0.258 e. The van der Waals surface area contributed by atoms with Crippen molar-refractivity contribution in [2.24, 2.45) is 0 Å². The lowest BCUT2D eigenvalue weighted by Gasteiger charge is -2.30. The molecule has 1 amide bonds. The predicted octanol–water partition coefficient (Wildman–Crippen LogP) is 4.61. The minimum atomic E-state index is -0.0280. The number of hydrogen-bond acceptors (Lipinski definition) is 3. The van der Waals surface area contributed by atoms with Gasteiger partial charge in [-0.2, -0.15) is 0 Å². The monoisotopic (exact) mass is 359 g/mol. The fourth-order valence-electron chi connectivity index (χ4n) is 3.13. The van der Waals surface area contributed by atoms with Gasteiger partial charge in [-0.25, -0.2) is 0 Å². The van der Waals surface area contributed by atoms with Crippen molar-refractivity contribution in [1.82, 2.24) is 0 Å². The third-order valence-electron chi connectivity index (χ3n) is 4.57. The van der Waals surface area contributed by atoms with Gasteiger partial charge in [-0.3, -0.25) is 4.79 Å². The third kappa shape index (κ3) is 3.80. The summed E-state index contributed by atoms with van der Waals surface area (Å²) in [6, 6.07) is 23.2. The van der Waals surface area contributed by atoms with Gasteiger partial charge in [0.25, 0.3) is 5.91 Å². The van der Waals surface area contributed by atoms with Gasteiger partial charge in [-0.15, -0.1) is 0 Å². The topological polar surface area (TPSA) is 38.8 Å². The van der Waals surface area contributed by atoms with E-state index in [9.17, 15) is 4.79 Å². The van der Waals surface area contributed by atoms with E-state index in [4.69, 9.17) is 9.47 Å². The van der Waals surface area contributed by atoms with Gasteiger partial charge in [0, 0.05) is 5.56 Å². The fourth-order valence-corrected chi connectivity index (χ4v) is 3.13. The van der Waals surface area contributed by atoms with Crippen LogP contribution in [0.25, 0.3) is 0 Å². The predicted molar refractivity (Wildman–Crippen MR) is 106 cm³/mol. The van der Waals surface area contributed by atoms with Crippen molar-refractivity contribution in [3.05, 3.63) is 89.5 Å². The highest BCUT2D eigenvalue weighted by atomic mass is 16.5. The van der Waals surface area contributed by atoms with Gasteiger partial charge in [-0.05, 0) is 54.4 Å². The van der Waals surface area contributed by atoms with E-state index in [0.717, 1.165) is 28.3 Å². The summed E-state index contributed by atoms with van der Waals surface area (Å²) in [6.45, 7) is 3.56. The Balaban J connectivity index is 1.48. The van der Waals surface area contributed by atoms with Crippen LogP contribution in [-0.4, -0.2) is 19.1 Å². The zero-order chi connectivity index (χ0) is 18.6. The van der Waals surface area contributed by atoms with Crippen LogP contribution in [-0.2, 0) is 6.61 Å². The van der Waals surface area contributed by atoms with Gasteiger partial charge in [0.1, 0.15) is 24.7 Å². The molecular formula is C23H21NO3. The van der Waals surface area contributed by atoms with Crippen molar-refractivity contribution in [1.29, 1.82) is 0 Å². The summed E-state index contributed by atoms with van der Waals surface area (Å²) in [5.41, 5.74) is 3.67. The molecule has 0 bridgehead atoms. The number of nitrogens with zero attached hydrogens (tertiary/aromatic N) is 1. The molecular weight excluding hydrogens is 338 g/mol. The normalized spacial score (nSPS) is 12.9. The molecule has 0 aromatic heterocycles. The molecule has 0 saturated carbocycles. The first-order chi connectivity index (χ1) is 13.2. The number of carbonyl (C=O) groups excluding carboxylic acids is 1. The molecule has 4 nitrogen and oxygen atoms in total. The molecule has 0 radical (unpaired) electrons. The average molecular weight is 359 g/mol. The molecule has 0 spiro atoms. The second-order valence-electron chi connectivity index (χ2n) is 6.58. The van der Waals surface area contributed by atoms with Crippen LogP contribution in [0.1, 0.15) is 21.5 Å². The quantitative estimate of drug-likeness (QED) is 0.683. The summed E-state index contributed by atoms with van der Waals surface area (Å²) in [6.07, 6.45) is 0. The molecule has 1 heterocycles. The fraction of sp³-hybridized carbons (Fsp3) is 0.174. The van der Waals surface area contributed by atoms with Gasteiger partial charge >= 0.3 is 0 Å². The Morgan fingerprint density at radius 2 is 1.81 bits per heavy atom. The number of aryl methyl sites for hydroxylation is 1. The van der Waals surface area contributed by atoms with Gasteiger partial charge in [0.05, 0.1) is 12.2 Å². The van der Waals surface area contributed by atoms with E-state index >= 15 is 0 Å². The van der Waals surface area contributed by atoms with Crippen LogP contribution >= 0.6 is 0 Å². The summed E-state index contributed by atoms with van der Waals surface area (Å²) in [7, 11) is 0. The number of anilines is 1. The van der Waals surface area contributed by atoms with Crippen LogP contribution in [0, 0.1) is 6.92 Å². The number of ether oxygens (including phenoxy) is 2. The van der Waals surface area contributed by atoms with Gasteiger partial charge in [-0.1, -0.05) is 36.4 Å². The number of carbonyl (C=O) groups is 1. The molecule has 4 heteroatoms. The molecule has 3 aromatic carbocycles. The maximum atomic E-state index is 13.0. The maximum absolute atomic E-state index is 13.0. The third-order valence-corrected chi connectivity index (χ3v) is 4.57. The molecule has 0 aliphatic carbocycles. The van der Waals surface area contributed by atoms with E-state index < -0.39 is 0 Å². The van der Waals surface area contributed by atoms with Crippen molar-refractivity contribution in [2.45, 2.75) is 13.5 Å². The number of benzene rings is 3. The molecule has 1 aliphatic heterocycles. The van der Waals surface area contributed by atoms with Crippen LogP contribution < -0.4 is 14.4 Å². The largest absolute Gasteiger partial charge is 0.490 e. The van der Waals surface area contributed by atoms with Crippen molar-refractivity contribution in [3.63, 3.8) is 0 Å². The molecule has 0 unspecified atom stereocenters. The number of fused-ring (bicyclic) bond motifs is 1. The van der Waals surface area contributed by atoms with Crippen LogP contribution in [0.4, 0.5) is 5.69 Å². The van der Waals surface area contributed by atoms with E-state index in [1.54, 1.807) is 4.90 Å². The number of amides is 1. The zero-order valence-corrected chi connectivity index (χ0v) is 15.2. The molecule has 0 N–H and O–H groups in total. The molecule has 3 aromatic rings. The second-order valence-corrected chi connectivity index (χ2v) is 6.58. The van der Waals surface area contributed by atoms with Gasteiger partial charge in [0.15, 0.2) is 0 Å².